The summed E-state index contributed by atoms with van der Waals surface area (Å²) < 4.78 is 22.8. The third-order valence-corrected chi connectivity index (χ3v) is 7.16. The maximum Gasteiger partial charge on any atom is 0.472 e. The highest BCUT2D eigenvalue weighted by atomic mass is 31.2. The van der Waals surface area contributed by atoms with Gasteiger partial charge in [0.1, 0.15) is 0 Å². The Labute approximate surface area is 212 Å². The van der Waals surface area contributed by atoms with E-state index in [-0.39, 0.29) is 6.61 Å². The van der Waals surface area contributed by atoms with Crippen molar-refractivity contribution >= 4 is 7.82 Å². The van der Waals surface area contributed by atoms with Crippen LogP contribution in [0.3, 0.4) is 0 Å². The SMILES string of the molecule is CCCCCCCC/C=C/CCCCCCCCCCCCOP(=O)(O)OCCC[N+](C)(C)C. The van der Waals surface area contributed by atoms with Crippen LogP contribution in [0.2, 0.25) is 0 Å². The van der Waals surface area contributed by atoms with E-state index in [1.54, 1.807) is 0 Å². The maximum atomic E-state index is 11.8. The second kappa shape index (κ2) is 23.2. The quantitative estimate of drug-likeness (QED) is 0.0553. The number of hydrogen-bond acceptors (Lipinski definition) is 3. The van der Waals surface area contributed by atoms with Crippen LogP contribution in [0.1, 0.15) is 129 Å². The van der Waals surface area contributed by atoms with E-state index < -0.39 is 7.82 Å². The van der Waals surface area contributed by atoms with E-state index in [2.05, 4.69) is 40.2 Å². The Morgan fingerprint density at radius 3 is 1.44 bits per heavy atom. The summed E-state index contributed by atoms with van der Waals surface area (Å²) in [5.41, 5.74) is 0. The van der Waals surface area contributed by atoms with Crippen molar-refractivity contribution in [2.24, 2.45) is 0 Å². The zero-order valence-electron chi connectivity index (χ0n) is 23.3. The minimum absolute atomic E-state index is 0.263. The predicted molar refractivity (Wildman–Crippen MR) is 147 cm³/mol. The summed E-state index contributed by atoms with van der Waals surface area (Å²) in [5.74, 6) is 0. The van der Waals surface area contributed by atoms with Crippen molar-refractivity contribution in [3.63, 3.8) is 0 Å². The summed E-state index contributed by atoms with van der Waals surface area (Å²) in [5, 5.41) is 0. The summed E-state index contributed by atoms with van der Waals surface area (Å²) in [7, 11) is 2.39. The van der Waals surface area contributed by atoms with Crippen molar-refractivity contribution in [3.8, 4) is 0 Å². The smallest absolute Gasteiger partial charge is 0.331 e. The molecule has 0 heterocycles. The highest BCUT2D eigenvalue weighted by Gasteiger charge is 2.20. The largest absolute Gasteiger partial charge is 0.472 e. The maximum absolute atomic E-state index is 11.8. The van der Waals surface area contributed by atoms with E-state index in [4.69, 9.17) is 9.05 Å². The molecule has 1 unspecified atom stereocenters. The molecule has 0 aromatic carbocycles. The van der Waals surface area contributed by atoms with Crippen LogP contribution in [-0.2, 0) is 13.6 Å². The van der Waals surface area contributed by atoms with Crippen molar-refractivity contribution in [2.75, 3.05) is 40.9 Å². The van der Waals surface area contributed by atoms with Gasteiger partial charge in [0.2, 0.25) is 0 Å². The molecular weight excluding hydrogens is 445 g/mol. The van der Waals surface area contributed by atoms with Gasteiger partial charge in [0.25, 0.3) is 0 Å². The number of phosphoric ester groups is 1. The zero-order valence-corrected chi connectivity index (χ0v) is 24.2. The molecule has 34 heavy (non-hydrogen) atoms. The van der Waals surface area contributed by atoms with Crippen LogP contribution in [0.4, 0.5) is 0 Å². The lowest BCUT2D eigenvalue weighted by molar-refractivity contribution is -0.870. The van der Waals surface area contributed by atoms with E-state index in [1.807, 2.05) is 0 Å². The molecule has 0 aromatic heterocycles. The Balaban J connectivity index is 3.30. The molecule has 0 spiro atoms. The van der Waals surface area contributed by atoms with Crippen LogP contribution in [-0.4, -0.2) is 50.3 Å². The van der Waals surface area contributed by atoms with Gasteiger partial charge < -0.3 is 9.38 Å². The summed E-state index contributed by atoms with van der Waals surface area (Å²) in [6.45, 7) is 3.74. The Kier molecular flexibility index (Phi) is 23.1. The number of quaternary nitrogens is 1. The Hall–Kier alpha value is -0.190. The van der Waals surface area contributed by atoms with Gasteiger partial charge in [0.05, 0.1) is 40.9 Å². The third kappa shape index (κ3) is 28.1. The average Bonchev–Trinajstić information content (AvgIpc) is 2.77. The first-order valence-electron chi connectivity index (χ1n) is 14.3. The van der Waals surface area contributed by atoms with Crippen LogP contribution in [0, 0.1) is 0 Å². The molecule has 1 N–H and O–H groups in total. The fourth-order valence-electron chi connectivity index (χ4n) is 3.99. The molecule has 0 amide bonds. The summed E-state index contributed by atoms with van der Waals surface area (Å²) >= 11 is 0. The molecule has 1 atom stereocenters. The molecule has 6 heteroatoms. The average molecular weight is 505 g/mol. The normalized spacial score (nSPS) is 14.1. The number of nitrogens with zero attached hydrogens (tertiary/aromatic N) is 1. The van der Waals surface area contributed by atoms with Crippen molar-refractivity contribution in [2.45, 2.75) is 129 Å². The van der Waals surface area contributed by atoms with Crippen LogP contribution in [0.25, 0.3) is 0 Å². The summed E-state index contributed by atoms with van der Waals surface area (Å²) in [6, 6.07) is 0. The van der Waals surface area contributed by atoms with Crippen LogP contribution >= 0.6 is 7.82 Å². The standard InChI is InChI=1S/C28H58NO4P/c1-5-6-7-8-9-10-11-12-13-14-15-16-17-18-19-20-21-22-23-24-27-32-34(30,31)33-28-25-26-29(2,3)4/h12-13H,5-11,14-28H2,1-4H3/p+1/b13-12+. The number of unbranched alkanes of at least 4 members (excludes halogenated alkanes) is 16. The predicted octanol–water partition coefficient (Wildman–Crippen LogP) is 8.81. The lowest BCUT2D eigenvalue weighted by atomic mass is 10.1. The van der Waals surface area contributed by atoms with Gasteiger partial charge in [-0.05, 0) is 32.1 Å². The Bertz CT molecular complexity index is 505. The first-order chi connectivity index (χ1) is 16.3. The lowest BCUT2D eigenvalue weighted by Gasteiger charge is -2.23. The molecule has 204 valence electrons. The van der Waals surface area contributed by atoms with Crippen molar-refractivity contribution in [1.82, 2.24) is 0 Å². The van der Waals surface area contributed by atoms with Gasteiger partial charge >= 0.3 is 7.82 Å². The van der Waals surface area contributed by atoms with Gasteiger partial charge in [-0.25, -0.2) is 4.57 Å². The highest BCUT2D eigenvalue weighted by Crippen LogP contribution is 2.43. The molecule has 0 aliphatic rings. The number of phosphoric acid groups is 1. The van der Waals surface area contributed by atoms with E-state index >= 15 is 0 Å². The van der Waals surface area contributed by atoms with Gasteiger partial charge in [0.15, 0.2) is 0 Å². The third-order valence-electron chi connectivity index (χ3n) is 6.14. The van der Waals surface area contributed by atoms with Gasteiger partial charge in [0, 0.05) is 6.42 Å². The van der Waals surface area contributed by atoms with E-state index in [9.17, 15) is 9.46 Å². The Morgan fingerprint density at radius 2 is 1.00 bits per heavy atom. The topological polar surface area (TPSA) is 55.8 Å². The lowest BCUT2D eigenvalue weighted by Crippen LogP contribution is -2.35. The number of rotatable bonds is 26. The first kappa shape index (κ1) is 33.8. The minimum atomic E-state index is -3.88. The van der Waals surface area contributed by atoms with Crippen LogP contribution in [0.15, 0.2) is 12.2 Å². The Morgan fingerprint density at radius 1 is 0.618 bits per heavy atom. The van der Waals surface area contributed by atoms with Crippen LogP contribution in [0.5, 0.6) is 0 Å². The first-order valence-corrected chi connectivity index (χ1v) is 15.8. The van der Waals surface area contributed by atoms with Crippen molar-refractivity contribution < 1.29 is 23.0 Å². The van der Waals surface area contributed by atoms with Crippen molar-refractivity contribution in [1.29, 1.82) is 0 Å². The van der Waals surface area contributed by atoms with Gasteiger partial charge in [-0.2, -0.15) is 0 Å². The molecule has 0 bridgehead atoms. The number of allylic oxidation sites excluding steroid dienone is 2. The summed E-state index contributed by atoms with van der Waals surface area (Å²) in [6.07, 6.45) is 28.7. The van der Waals surface area contributed by atoms with Crippen LogP contribution < -0.4 is 0 Å². The molecule has 0 aromatic rings. The second-order valence-corrected chi connectivity index (χ2v) is 12.3. The molecule has 5 nitrogen and oxygen atoms in total. The fraction of sp³-hybridized carbons (Fsp3) is 0.929. The van der Waals surface area contributed by atoms with E-state index in [0.29, 0.717) is 6.61 Å². The molecule has 0 rings (SSSR count). The van der Waals surface area contributed by atoms with E-state index in [1.165, 1.54) is 103 Å². The minimum Gasteiger partial charge on any atom is -0.331 e. The molecular formula is C28H59NO4P+. The van der Waals surface area contributed by atoms with Gasteiger partial charge in [-0.1, -0.05) is 103 Å². The zero-order chi connectivity index (χ0) is 25.4. The molecule has 0 fully saturated rings. The monoisotopic (exact) mass is 504 g/mol. The molecule has 0 aliphatic carbocycles. The molecule has 0 saturated heterocycles. The van der Waals surface area contributed by atoms with Gasteiger partial charge in [-0.3, -0.25) is 9.05 Å². The molecule has 0 saturated carbocycles. The molecule has 0 radical (unpaired) electrons. The number of hydrogen-bond donors (Lipinski definition) is 1. The van der Waals surface area contributed by atoms with E-state index in [0.717, 1.165) is 30.3 Å². The van der Waals surface area contributed by atoms with Crippen molar-refractivity contribution in [3.05, 3.63) is 12.2 Å². The second-order valence-electron chi connectivity index (χ2n) is 10.9. The van der Waals surface area contributed by atoms with Gasteiger partial charge in [-0.15, -0.1) is 0 Å². The molecule has 0 aliphatic heterocycles. The highest BCUT2D eigenvalue weighted by molar-refractivity contribution is 7.47. The summed E-state index contributed by atoms with van der Waals surface area (Å²) in [4.78, 5) is 9.70. The fourth-order valence-corrected chi connectivity index (χ4v) is 4.79.